The Bertz CT molecular complexity index is 749. The van der Waals surface area contributed by atoms with Gasteiger partial charge in [-0.2, -0.15) is 0 Å². The van der Waals surface area contributed by atoms with E-state index >= 15 is 0 Å². The van der Waals surface area contributed by atoms with Crippen LogP contribution in [0.1, 0.15) is 23.8 Å². The molecule has 27 heavy (non-hydrogen) atoms. The van der Waals surface area contributed by atoms with Gasteiger partial charge in [0, 0.05) is 50.6 Å². The molecule has 0 radical (unpaired) electrons. The highest BCUT2D eigenvalue weighted by atomic mass is 32.2. The summed E-state index contributed by atoms with van der Waals surface area (Å²) < 4.78 is 28.8. The lowest BCUT2D eigenvalue weighted by Gasteiger charge is -2.27. The van der Waals surface area contributed by atoms with E-state index in [4.69, 9.17) is 4.74 Å². The van der Waals surface area contributed by atoms with Crippen molar-refractivity contribution in [3.63, 3.8) is 0 Å². The number of rotatable bonds is 7. The van der Waals surface area contributed by atoms with Gasteiger partial charge in [0.05, 0.1) is 24.7 Å². The van der Waals surface area contributed by atoms with E-state index in [1.807, 2.05) is 13.0 Å². The van der Waals surface area contributed by atoms with Gasteiger partial charge >= 0.3 is 0 Å². The number of sulfone groups is 1. The Morgan fingerprint density at radius 2 is 2.19 bits per heavy atom. The number of ether oxygens (including phenoxy) is 1. The fraction of sp³-hybridized carbons (Fsp3) is 0.667. The number of nitrogens with zero attached hydrogens (tertiary/aromatic N) is 3. The number of hydrogen-bond acceptors (Lipinski definition) is 7. The predicted molar refractivity (Wildman–Crippen MR) is 104 cm³/mol. The first-order chi connectivity index (χ1) is 13.0. The number of morpholine rings is 1. The third kappa shape index (κ3) is 5.40. The summed E-state index contributed by atoms with van der Waals surface area (Å²) in [7, 11) is -3.04. The summed E-state index contributed by atoms with van der Waals surface area (Å²) in [6.45, 7) is 7.46. The van der Waals surface area contributed by atoms with Crippen LogP contribution in [-0.2, 0) is 14.6 Å². The summed E-state index contributed by atoms with van der Waals surface area (Å²) in [5.74, 6) is -0.0151. The van der Waals surface area contributed by atoms with Crippen LogP contribution in [0.3, 0.4) is 0 Å². The highest BCUT2D eigenvalue weighted by Crippen LogP contribution is 2.20. The molecule has 3 heterocycles. The molecular formula is C18H28N4O4S. The summed E-state index contributed by atoms with van der Waals surface area (Å²) in [6, 6.07) is 3.33. The van der Waals surface area contributed by atoms with Crippen molar-refractivity contribution in [1.82, 2.24) is 14.8 Å². The highest BCUT2D eigenvalue weighted by molar-refractivity contribution is 7.91. The summed E-state index contributed by atoms with van der Waals surface area (Å²) >= 11 is 0. The van der Waals surface area contributed by atoms with Crippen molar-refractivity contribution in [2.75, 3.05) is 62.8 Å². The first-order valence-electron chi connectivity index (χ1n) is 9.50. The van der Waals surface area contributed by atoms with E-state index in [1.165, 1.54) is 0 Å². The van der Waals surface area contributed by atoms with Gasteiger partial charge in [-0.3, -0.25) is 14.7 Å². The zero-order valence-corrected chi connectivity index (χ0v) is 16.6. The predicted octanol–water partition coefficient (Wildman–Crippen LogP) is 0.475. The second kappa shape index (κ2) is 8.99. The van der Waals surface area contributed by atoms with Crippen LogP contribution in [-0.4, -0.2) is 92.6 Å². The summed E-state index contributed by atoms with van der Waals surface area (Å²) in [4.78, 5) is 21.0. The maximum absolute atomic E-state index is 12.9. The molecule has 2 aliphatic heterocycles. The van der Waals surface area contributed by atoms with Crippen LogP contribution in [0.4, 0.5) is 5.69 Å². The SMILES string of the molecule is CCN(C(=O)c1cc(NCCN2CCOCC2)ccn1)C1CCS(=O)(=O)C1. The molecule has 2 fully saturated rings. The molecule has 1 N–H and O–H groups in total. The van der Waals surface area contributed by atoms with Gasteiger partial charge in [0.15, 0.2) is 9.84 Å². The van der Waals surface area contributed by atoms with Gasteiger partial charge in [-0.1, -0.05) is 0 Å². The van der Waals surface area contributed by atoms with Gasteiger partial charge in [-0.05, 0) is 25.5 Å². The molecule has 150 valence electrons. The van der Waals surface area contributed by atoms with E-state index in [0.717, 1.165) is 45.1 Å². The lowest BCUT2D eigenvalue weighted by molar-refractivity contribution is 0.0398. The summed E-state index contributed by atoms with van der Waals surface area (Å²) in [6.07, 6.45) is 2.11. The number of aromatic nitrogens is 1. The topological polar surface area (TPSA) is 91.8 Å². The number of nitrogens with one attached hydrogen (secondary N) is 1. The number of hydrogen-bond donors (Lipinski definition) is 1. The molecule has 0 aliphatic carbocycles. The van der Waals surface area contributed by atoms with Crippen LogP contribution in [0, 0.1) is 0 Å². The number of carbonyl (C=O) groups is 1. The monoisotopic (exact) mass is 396 g/mol. The Balaban J connectivity index is 1.59. The molecule has 2 aliphatic rings. The quantitative estimate of drug-likeness (QED) is 0.716. The number of carbonyl (C=O) groups excluding carboxylic acids is 1. The van der Waals surface area contributed by atoms with E-state index in [1.54, 1.807) is 17.2 Å². The maximum atomic E-state index is 12.9. The standard InChI is InChI=1S/C18H28N4O4S/c1-2-22(16-4-12-27(24,25)14-16)18(23)17-13-15(3-5-20-17)19-6-7-21-8-10-26-11-9-21/h3,5,13,16H,2,4,6-12,14H2,1H3,(H,19,20). The Morgan fingerprint density at radius 3 is 2.85 bits per heavy atom. The van der Waals surface area contributed by atoms with Crippen molar-refractivity contribution in [2.45, 2.75) is 19.4 Å². The van der Waals surface area contributed by atoms with E-state index < -0.39 is 9.84 Å². The van der Waals surface area contributed by atoms with Crippen molar-refractivity contribution < 1.29 is 17.9 Å². The number of anilines is 1. The Hall–Kier alpha value is -1.71. The Kier molecular flexibility index (Phi) is 6.67. The van der Waals surface area contributed by atoms with E-state index in [-0.39, 0.29) is 23.5 Å². The molecule has 9 heteroatoms. The van der Waals surface area contributed by atoms with E-state index in [2.05, 4.69) is 15.2 Å². The van der Waals surface area contributed by atoms with Crippen LogP contribution in [0.25, 0.3) is 0 Å². The van der Waals surface area contributed by atoms with Gasteiger partial charge in [0.25, 0.3) is 5.91 Å². The molecule has 0 aromatic carbocycles. The van der Waals surface area contributed by atoms with Gasteiger partial charge in [0.1, 0.15) is 5.69 Å². The van der Waals surface area contributed by atoms with E-state index in [9.17, 15) is 13.2 Å². The van der Waals surface area contributed by atoms with Crippen molar-refractivity contribution in [2.24, 2.45) is 0 Å². The fourth-order valence-electron chi connectivity index (χ4n) is 3.58. The third-order valence-corrected chi connectivity index (χ3v) is 6.84. The highest BCUT2D eigenvalue weighted by Gasteiger charge is 2.34. The number of pyridine rings is 1. The second-order valence-corrected chi connectivity index (χ2v) is 9.19. The lowest BCUT2D eigenvalue weighted by atomic mass is 10.2. The van der Waals surface area contributed by atoms with Crippen LogP contribution in [0.2, 0.25) is 0 Å². The minimum Gasteiger partial charge on any atom is -0.384 e. The van der Waals surface area contributed by atoms with Gasteiger partial charge in [-0.25, -0.2) is 8.42 Å². The molecule has 0 saturated carbocycles. The zero-order chi connectivity index (χ0) is 19.3. The minimum absolute atomic E-state index is 0.0457. The fourth-order valence-corrected chi connectivity index (χ4v) is 5.31. The Labute approximate surface area is 160 Å². The second-order valence-electron chi connectivity index (χ2n) is 6.96. The van der Waals surface area contributed by atoms with Crippen LogP contribution in [0.5, 0.6) is 0 Å². The molecular weight excluding hydrogens is 368 g/mol. The molecule has 3 rings (SSSR count). The molecule has 8 nitrogen and oxygen atoms in total. The average molecular weight is 397 g/mol. The first kappa shape index (κ1) is 20.0. The first-order valence-corrected chi connectivity index (χ1v) is 11.3. The third-order valence-electron chi connectivity index (χ3n) is 5.09. The molecule has 1 atom stereocenters. The van der Waals surface area contributed by atoms with Crippen molar-refractivity contribution in [3.05, 3.63) is 24.0 Å². The van der Waals surface area contributed by atoms with Crippen molar-refractivity contribution >= 4 is 21.4 Å². The summed E-state index contributed by atoms with van der Waals surface area (Å²) in [5.41, 5.74) is 1.19. The molecule has 1 aromatic heterocycles. The van der Waals surface area contributed by atoms with Gasteiger partial charge < -0.3 is 15.0 Å². The molecule has 1 aromatic rings. The molecule has 0 bridgehead atoms. The largest absolute Gasteiger partial charge is 0.384 e. The minimum atomic E-state index is -3.04. The van der Waals surface area contributed by atoms with Gasteiger partial charge in [-0.15, -0.1) is 0 Å². The number of amides is 1. The van der Waals surface area contributed by atoms with Crippen LogP contribution < -0.4 is 5.32 Å². The lowest BCUT2D eigenvalue weighted by Crippen LogP contribution is -2.41. The molecule has 1 unspecified atom stereocenters. The average Bonchev–Trinajstić information content (AvgIpc) is 3.03. The van der Waals surface area contributed by atoms with Crippen LogP contribution >= 0.6 is 0 Å². The molecule has 0 spiro atoms. The van der Waals surface area contributed by atoms with E-state index in [0.29, 0.717) is 18.7 Å². The van der Waals surface area contributed by atoms with Gasteiger partial charge in [0.2, 0.25) is 0 Å². The molecule has 1 amide bonds. The Morgan fingerprint density at radius 1 is 1.41 bits per heavy atom. The van der Waals surface area contributed by atoms with Crippen molar-refractivity contribution in [1.29, 1.82) is 0 Å². The summed E-state index contributed by atoms with van der Waals surface area (Å²) in [5, 5.41) is 3.34. The smallest absolute Gasteiger partial charge is 0.272 e. The molecule has 2 saturated heterocycles. The normalized spacial score (nSPS) is 22.5. The van der Waals surface area contributed by atoms with Crippen LogP contribution in [0.15, 0.2) is 18.3 Å². The zero-order valence-electron chi connectivity index (χ0n) is 15.8. The maximum Gasteiger partial charge on any atom is 0.272 e. The van der Waals surface area contributed by atoms with Crippen molar-refractivity contribution in [3.8, 4) is 0 Å².